The number of rotatable bonds is 11. The second kappa shape index (κ2) is 16.7. The van der Waals surface area contributed by atoms with Crippen LogP contribution in [0.3, 0.4) is 0 Å². The maximum atomic E-state index is 11.7. The Morgan fingerprint density at radius 2 is 1.41 bits per heavy atom. The first kappa shape index (κ1) is 42.3. The molecule has 1 radical (unpaired) electrons. The molecule has 307 valence electrons. The number of aliphatic hydroxyl groups excluding tert-OH is 1. The molecule has 0 saturated heterocycles. The van der Waals surface area contributed by atoms with E-state index in [0.717, 1.165) is 80.5 Å². The molecular weight excluding hydrogens is 907 g/mol. The van der Waals surface area contributed by atoms with Crippen molar-refractivity contribution in [2.45, 2.75) is 113 Å². The van der Waals surface area contributed by atoms with Gasteiger partial charge in [0.2, 0.25) is 0 Å². The third kappa shape index (κ3) is 6.88. The molecule has 4 aromatic heterocycles. The van der Waals surface area contributed by atoms with E-state index in [1.54, 1.807) is 6.33 Å². The summed E-state index contributed by atoms with van der Waals surface area (Å²) in [5.41, 5.74) is 13.7. The topological polar surface area (TPSA) is 80.6 Å². The summed E-state index contributed by atoms with van der Waals surface area (Å²) >= 11 is 0. The van der Waals surface area contributed by atoms with Crippen LogP contribution < -0.4 is 0 Å². The normalized spacial score (nSPS) is 12.7. The molecule has 0 bridgehead atoms. The van der Waals surface area contributed by atoms with Crippen LogP contribution in [0.1, 0.15) is 129 Å². The van der Waals surface area contributed by atoms with E-state index in [2.05, 4.69) is 113 Å². The van der Waals surface area contributed by atoms with Gasteiger partial charge in [-0.15, -0.1) is 17.5 Å². The molecule has 5 aromatic carbocycles. The Bertz CT molecular complexity index is 2950. The molecule has 0 atom stereocenters. The van der Waals surface area contributed by atoms with Crippen molar-refractivity contribution in [2.24, 2.45) is 11.8 Å². The molecule has 0 amide bonds. The molecule has 4 heterocycles. The van der Waals surface area contributed by atoms with E-state index in [0.29, 0.717) is 17.8 Å². The van der Waals surface area contributed by atoms with Crippen molar-refractivity contribution in [1.29, 1.82) is 0 Å². The molecule has 9 aromatic rings. The van der Waals surface area contributed by atoms with Gasteiger partial charge in [0.1, 0.15) is 11.9 Å². The number of benzene rings is 5. The summed E-state index contributed by atoms with van der Waals surface area (Å²) in [6.07, 6.45) is 6.62. The van der Waals surface area contributed by atoms with E-state index in [4.69, 9.17) is 14.4 Å². The fraction of sp³-hybridized carbons (Fsp3) is 0.365. The fourth-order valence-corrected chi connectivity index (χ4v) is 9.33. The zero-order chi connectivity index (χ0) is 41.2. The largest absolute Gasteiger partial charge is 0.512 e. The van der Waals surface area contributed by atoms with Gasteiger partial charge in [0.05, 0.1) is 27.9 Å². The summed E-state index contributed by atoms with van der Waals surface area (Å²) in [4.78, 5) is 21.6. The van der Waals surface area contributed by atoms with Gasteiger partial charge in [-0.25, -0.2) is 4.98 Å². The summed E-state index contributed by atoms with van der Waals surface area (Å²) in [5, 5.41) is 16.3. The average Bonchev–Trinajstić information content (AvgIpc) is 3.57. The van der Waals surface area contributed by atoms with Crippen LogP contribution in [-0.2, 0) is 24.9 Å². The van der Waals surface area contributed by atoms with Gasteiger partial charge in [-0.3, -0.25) is 9.78 Å². The van der Waals surface area contributed by atoms with Crippen LogP contribution in [0.4, 0.5) is 0 Å². The zero-order valence-corrected chi connectivity index (χ0v) is 38.5. The molecular formula is C52H56IrN3O3-. The van der Waals surface area contributed by atoms with E-state index >= 15 is 0 Å². The van der Waals surface area contributed by atoms with Crippen LogP contribution >= 0.6 is 0 Å². The van der Waals surface area contributed by atoms with Crippen LogP contribution in [0.5, 0.6) is 0 Å². The van der Waals surface area contributed by atoms with Crippen LogP contribution in [0, 0.1) is 17.9 Å². The van der Waals surface area contributed by atoms with Crippen molar-refractivity contribution in [3.05, 3.63) is 102 Å². The number of aromatic nitrogens is 3. The van der Waals surface area contributed by atoms with Crippen molar-refractivity contribution >= 4 is 76.9 Å². The summed E-state index contributed by atoms with van der Waals surface area (Å²) in [6.45, 7) is 21.9. The first-order valence-electron chi connectivity index (χ1n) is 21.5. The summed E-state index contributed by atoms with van der Waals surface area (Å²) < 4.78 is 9.26. The molecule has 1 N–H and O–H groups in total. The summed E-state index contributed by atoms with van der Waals surface area (Å²) in [5.74, 6) is 1.73. The second-order valence-electron chi connectivity index (χ2n) is 17.1. The second-order valence-corrected chi connectivity index (χ2v) is 17.1. The minimum Gasteiger partial charge on any atom is -0.512 e. The number of ketones is 1. The standard InChI is InChI=1S/C39H32N3O.C13H24O2.Ir/c1-19(2)23-15-26(20(3)4)32(27(16-23)21(5)6)28-17-30-34-35(41-18-40-30)29-14-22-10-7-8-11-24(22)39-37(29)42-36-25(33(28)38(34)42)12-9-13-31(36)43-39;1-5-10(6-2)12(14)9-13(15)11(7-3)8-4;/h7-13,15-21H,1-6H3;9-11,14H,5-8H2,1-4H3;/q-1;;/b;12-9-;. The number of hydrogen-bond donors (Lipinski definition) is 1. The molecule has 59 heavy (non-hydrogen) atoms. The number of hydrogen-bond acceptors (Lipinski definition) is 5. The number of pyridine rings is 1. The van der Waals surface area contributed by atoms with Crippen LogP contribution in [0.15, 0.2) is 83.2 Å². The van der Waals surface area contributed by atoms with E-state index < -0.39 is 0 Å². The van der Waals surface area contributed by atoms with Crippen LogP contribution in [0.2, 0.25) is 0 Å². The monoisotopic (exact) mass is 963 g/mol. The number of carbonyl (C=O) groups is 1. The molecule has 0 aliphatic rings. The zero-order valence-electron chi connectivity index (χ0n) is 36.1. The van der Waals surface area contributed by atoms with Crippen LogP contribution in [0.25, 0.3) is 82.2 Å². The number of allylic oxidation sites excluding steroid dienone is 2. The first-order valence-corrected chi connectivity index (χ1v) is 21.5. The SMILES string of the molecule is CC(C)c1cc(C(C)C)c(-c2cc3ncnc4c5[c-]c6ccccc6c6oc7cccc8c2c(c34)n(c78)c56)c(C(C)C)c1.CCC(CC)C(=O)/C=C(\O)C(CC)CC.[Ir]. The van der Waals surface area contributed by atoms with Gasteiger partial charge in [0.15, 0.2) is 5.78 Å². The maximum absolute atomic E-state index is 11.7. The molecule has 0 fully saturated rings. The summed E-state index contributed by atoms with van der Waals surface area (Å²) in [7, 11) is 0. The number of nitrogens with zero attached hydrogens (tertiary/aromatic N) is 3. The van der Waals surface area contributed by atoms with Crippen LogP contribution in [-0.4, -0.2) is 25.3 Å². The third-order valence-corrected chi connectivity index (χ3v) is 12.7. The van der Waals surface area contributed by atoms with Crippen molar-refractivity contribution in [3.8, 4) is 11.1 Å². The third-order valence-electron chi connectivity index (χ3n) is 12.7. The van der Waals surface area contributed by atoms with E-state index in [-0.39, 0.29) is 43.5 Å². The van der Waals surface area contributed by atoms with Gasteiger partial charge >= 0.3 is 0 Å². The molecule has 0 saturated carbocycles. The van der Waals surface area contributed by atoms with E-state index in [9.17, 15) is 9.90 Å². The first-order chi connectivity index (χ1) is 27.9. The molecule has 0 aliphatic heterocycles. The Hall–Kier alpha value is -4.84. The van der Waals surface area contributed by atoms with E-state index in [1.165, 1.54) is 50.2 Å². The van der Waals surface area contributed by atoms with Gasteiger partial charge in [-0.2, -0.15) is 0 Å². The molecule has 9 rings (SSSR count). The molecule has 0 aliphatic carbocycles. The Kier molecular flexibility index (Phi) is 11.9. The van der Waals surface area contributed by atoms with E-state index in [1.807, 2.05) is 27.7 Å². The van der Waals surface area contributed by atoms with Gasteiger partial charge in [0.25, 0.3) is 0 Å². The quantitative estimate of drug-likeness (QED) is 0.0459. The minimum atomic E-state index is 0. The Labute approximate surface area is 361 Å². The van der Waals surface area contributed by atoms with Gasteiger partial charge < -0.3 is 13.9 Å². The van der Waals surface area contributed by atoms with Crippen molar-refractivity contribution in [3.63, 3.8) is 0 Å². The Morgan fingerprint density at radius 1 is 0.763 bits per heavy atom. The number of aliphatic hydroxyl groups is 1. The van der Waals surface area contributed by atoms with Gasteiger partial charge in [0, 0.05) is 65.2 Å². The van der Waals surface area contributed by atoms with Crippen molar-refractivity contribution < 1.29 is 34.4 Å². The Balaban J connectivity index is 0.000000285. The average molecular weight is 963 g/mol. The molecule has 0 unspecified atom stereocenters. The summed E-state index contributed by atoms with van der Waals surface area (Å²) in [6, 6.07) is 25.8. The van der Waals surface area contributed by atoms with Gasteiger partial charge in [-0.05, 0) is 88.8 Å². The minimum absolute atomic E-state index is 0. The van der Waals surface area contributed by atoms with Crippen molar-refractivity contribution in [1.82, 2.24) is 14.4 Å². The number of fused-ring (bicyclic) bond motifs is 4. The fourth-order valence-electron chi connectivity index (χ4n) is 9.33. The molecule has 7 heteroatoms. The Morgan fingerprint density at radius 3 is 2.03 bits per heavy atom. The molecule has 6 nitrogen and oxygen atoms in total. The number of carbonyl (C=O) groups excluding carboxylic acids is 1. The molecule has 0 spiro atoms. The smallest absolute Gasteiger partial charge is 0.162 e. The van der Waals surface area contributed by atoms with Gasteiger partial charge in [-0.1, -0.05) is 117 Å². The maximum Gasteiger partial charge on any atom is 0.162 e. The predicted octanol–water partition coefficient (Wildman–Crippen LogP) is 14.8. The van der Waals surface area contributed by atoms with Crippen molar-refractivity contribution in [2.75, 3.05) is 0 Å². The number of para-hydroxylation sites is 1. The predicted molar refractivity (Wildman–Crippen MR) is 243 cm³/mol.